The summed E-state index contributed by atoms with van der Waals surface area (Å²) in [5.41, 5.74) is 3.83. The zero-order valence-corrected chi connectivity index (χ0v) is 17.3. The molecule has 146 valence electrons. The minimum Gasteiger partial charge on any atom is -0.469 e. The van der Waals surface area contributed by atoms with Crippen LogP contribution in [0.25, 0.3) is 11.4 Å². The largest absolute Gasteiger partial charge is 0.469 e. The average Bonchev–Trinajstić information content (AvgIpc) is 3.24. The summed E-state index contributed by atoms with van der Waals surface area (Å²) in [5, 5.41) is 12.0. The number of carbonyl (C=O) groups excluding carboxylic acids is 1. The van der Waals surface area contributed by atoms with Gasteiger partial charge in [-0.05, 0) is 44.9 Å². The number of aromatic nitrogens is 3. The molecule has 0 bridgehead atoms. The quantitative estimate of drug-likeness (QED) is 0.460. The van der Waals surface area contributed by atoms with E-state index in [0.717, 1.165) is 28.1 Å². The number of allylic oxidation sites excluding steroid dienone is 1. The molecule has 0 spiro atoms. The van der Waals surface area contributed by atoms with Gasteiger partial charge in [0.1, 0.15) is 5.76 Å². The summed E-state index contributed by atoms with van der Waals surface area (Å²) in [6, 6.07) is 7.82. The first-order valence-corrected chi connectivity index (χ1v) is 9.92. The van der Waals surface area contributed by atoms with Gasteiger partial charge in [-0.2, -0.15) is 0 Å². The molecule has 1 aromatic carbocycles. The van der Waals surface area contributed by atoms with Crippen LogP contribution in [0.4, 0.5) is 5.69 Å². The van der Waals surface area contributed by atoms with E-state index < -0.39 is 0 Å². The maximum absolute atomic E-state index is 12.8. The molecule has 0 radical (unpaired) electrons. The van der Waals surface area contributed by atoms with Crippen LogP contribution in [-0.4, -0.2) is 25.9 Å². The van der Waals surface area contributed by atoms with E-state index in [-0.39, 0.29) is 11.2 Å². The number of nitrogens with zero attached hydrogens (tertiary/aromatic N) is 3. The van der Waals surface area contributed by atoms with Gasteiger partial charge in [0.25, 0.3) is 0 Å². The Bertz CT molecular complexity index is 986. The van der Waals surface area contributed by atoms with Crippen molar-refractivity contribution < 1.29 is 9.21 Å². The Morgan fingerprint density at radius 2 is 2.00 bits per heavy atom. The molecular formula is C21H24N4O2S. The number of rotatable bonds is 7. The molecule has 3 aromatic rings. The van der Waals surface area contributed by atoms with E-state index in [9.17, 15) is 4.79 Å². The number of para-hydroxylation sites is 1. The third kappa shape index (κ3) is 4.04. The number of furan rings is 1. The number of benzene rings is 1. The second-order valence-corrected chi connectivity index (χ2v) is 7.92. The van der Waals surface area contributed by atoms with Gasteiger partial charge in [-0.3, -0.25) is 9.36 Å². The van der Waals surface area contributed by atoms with Crippen LogP contribution in [0, 0.1) is 20.8 Å². The highest BCUT2D eigenvalue weighted by atomic mass is 32.2. The van der Waals surface area contributed by atoms with E-state index in [2.05, 4.69) is 22.1 Å². The molecule has 3 rings (SSSR count). The van der Waals surface area contributed by atoms with E-state index in [1.165, 1.54) is 11.8 Å². The van der Waals surface area contributed by atoms with Gasteiger partial charge >= 0.3 is 0 Å². The second kappa shape index (κ2) is 8.48. The molecule has 0 fully saturated rings. The normalized spacial score (nSPS) is 12.0. The minimum atomic E-state index is -0.343. The van der Waals surface area contributed by atoms with Gasteiger partial charge in [0.2, 0.25) is 5.91 Å². The highest BCUT2D eigenvalue weighted by Crippen LogP contribution is 2.30. The van der Waals surface area contributed by atoms with Crippen molar-refractivity contribution in [2.75, 3.05) is 5.32 Å². The molecule has 0 aliphatic rings. The highest BCUT2D eigenvalue weighted by Gasteiger charge is 2.22. The molecule has 6 nitrogen and oxygen atoms in total. The zero-order chi connectivity index (χ0) is 20.3. The van der Waals surface area contributed by atoms with Crippen LogP contribution >= 0.6 is 11.8 Å². The number of anilines is 1. The number of amides is 1. The number of hydrogen-bond donors (Lipinski definition) is 1. The molecule has 2 aromatic heterocycles. The second-order valence-electron chi connectivity index (χ2n) is 6.61. The third-order valence-corrected chi connectivity index (χ3v) is 5.59. The monoisotopic (exact) mass is 396 g/mol. The lowest BCUT2D eigenvalue weighted by Gasteiger charge is -2.15. The molecular weight excluding hydrogens is 372 g/mol. The lowest BCUT2D eigenvalue weighted by molar-refractivity contribution is -0.115. The molecule has 0 saturated heterocycles. The molecule has 0 saturated carbocycles. The van der Waals surface area contributed by atoms with Crippen molar-refractivity contribution in [3.8, 4) is 11.4 Å². The van der Waals surface area contributed by atoms with Gasteiger partial charge in [-0.25, -0.2) is 0 Å². The smallest absolute Gasteiger partial charge is 0.237 e. The van der Waals surface area contributed by atoms with Gasteiger partial charge in [0.05, 0.1) is 17.1 Å². The molecule has 1 unspecified atom stereocenters. The van der Waals surface area contributed by atoms with Crippen molar-refractivity contribution in [2.45, 2.75) is 44.6 Å². The van der Waals surface area contributed by atoms with Gasteiger partial charge in [0, 0.05) is 12.2 Å². The topological polar surface area (TPSA) is 73.0 Å². The van der Waals surface area contributed by atoms with E-state index in [1.54, 1.807) is 12.3 Å². The first-order chi connectivity index (χ1) is 13.4. The Morgan fingerprint density at radius 1 is 1.29 bits per heavy atom. The minimum absolute atomic E-state index is 0.0726. The summed E-state index contributed by atoms with van der Waals surface area (Å²) in [4.78, 5) is 12.8. The summed E-state index contributed by atoms with van der Waals surface area (Å²) in [5.74, 6) is 1.41. The van der Waals surface area contributed by atoms with E-state index in [1.807, 2.05) is 56.5 Å². The maximum atomic E-state index is 12.8. The molecule has 1 atom stereocenters. The van der Waals surface area contributed by atoms with Crippen LogP contribution in [0.5, 0.6) is 0 Å². The molecule has 1 amide bonds. The van der Waals surface area contributed by atoms with Crippen LogP contribution < -0.4 is 5.32 Å². The highest BCUT2D eigenvalue weighted by molar-refractivity contribution is 8.00. The Kier molecular flexibility index (Phi) is 6.04. The maximum Gasteiger partial charge on any atom is 0.237 e. The zero-order valence-electron chi connectivity index (χ0n) is 16.5. The number of thioether (sulfide) groups is 1. The Hall–Kier alpha value is -2.80. The molecule has 2 heterocycles. The lowest BCUT2D eigenvalue weighted by Crippen LogP contribution is -2.24. The standard InChI is InChI=1S/C21H24N4O2S/c1-6-11-25-19(17-10-12-27-15(17)4)23-24-21(25)28-16(5)20(26)22-18-13(2)8-7-9-14(18)3/h6-10,12,16H,1,11H2,2-5H3,(H,22,26). The first-order valence-electron chi connectivity index (χ1n) is 9.04. The molecule has 7 heteroatoms. The predicted molar refractivity (Wildman–Crippen MR) is 113 cm³/mol. The van der Waals surface area contributed by atoms with Crippen molar-refractivity contribution >= 4 is 23.4 Å². The number of aryl methyl sites for hydroxylation is 3. The van der Waals surface area contributed by atoms with E-state index in [0.29, 0.717) is 17.5 Å². The van der Waals surface area contributed by atoms with Crippen molar-refractivity contribution in [1.82, 2.24) is 14.8 Å². The van der Waals surface area contributed by atoms with Gasteiger partial charge in [0.15, 0.2) is 11.0 Å². The first kappa shape index (κ1) is 19.9. The fraction of sp³-hybridized carbons (Fsp3) is 0.286. The number of hydrogen-bond acceptors (Lipinski definition) is 5. The van der Waals surface area contributed by atoms with Crippen molar-refractivity contribution in [3.05, 3.63) is 60.1 Å². The van der Waals surface area contributed by atoms with Crippen LogP contribution in [0.3, 0.4) is 0 Å². The summed E-state index contributed by atoms with van der Waals surface area (Å²) < 4.78 is 7.33. The van der Waals surface area contributed by atoms with Crippen molar-refractivity contribution in [2.24, 2.45) is 0 Å². The third-order valence-electron chi connectivity index (χ3n) is 4.51. The van der Waals surface area contributed by atoms with Gasteiger partial charge < -0.3 is 9.73 Å². The molecule has 0 aliphatic carbocycles. The fourth-order valence-corrected chi connectivity index (χ4v) is 3.79. The Morgan fingerprint density at radius 3 is 2.61 bits per heavy atom. The van der Waals surface area contributed by atoms with E-state index in [4.69, 9.17) is 4.42 Å². The van der Waals surface area contributed by atoms with Gasteiger partial charge in [-0.15, -0.1) is 16.8 Å². The Balaban J connectivity index is 1.81. The summed E-state index contributed by atoms with van der Waals surface area (Å²) in [7, 11) is 0. The Labute approximate surface area is 169 Å². The van der Waals surface area contributed by atoms with Crippen LogP contribution in [-0.2, 0) is 11.3 Å². The predicted octanol–water partition coefficient (Wildman–Crippen LogP) is 4.77. The average molecular weight is 397 g/mol. The van der Waals surface area contributed by atoms with Crippen LogP contribution in [0.2, 0.25) is 0 Å². The van der Waals surface area contributed by atoms with E-state index >= 15 is 0 Å². The molecule has 1 N–H and O–H groups in total. The van der Waals surface area contributed by atoms with Gasteiger partial charge in [-0.1, -0.05) is 36.0 Å². The van der Waals surface area contributed by atoms with Crippen molar-refractivity contribution in [3.63, 3.8) is 0 Å². The number of carbonyl (C=O) groups is 1. The summed E-state index contributed by atoms with van der Waals surface area (Å²) in [6.45, 7) is 12.1. The summed E-state index contributed by atoms with van der Waals surface area (Å²) in [6.07, 6.45) is 3.42. The summed E-state index contributed by atoms with van der Waals surface area (Å²) >= 11 is 1.37. The number of nitrogens with one attached hydrogen (secondary N) is 1. The van der Waals surface area contributed by atoms with Crippen LogP contribution in [0.1, 0.15) is 23.8 Å². The fourth-order valence-electron chi connectivity index (χ4n) is 2.93. The van der Waals surface area contributed by atoms with Crippen molar-refractivity contribution in [1.29, 1.82) is 0 Å². The molecule has 28 heavy (non-hydrogen) atoms. The lowest BCUT2D eigenvalue weighted by atomic mass is 10.1. The van der Waals surface area contributed by atoms with Crippen LogP contribution in [0.15, 0.2) is 52.8 Å². The molecule has 0 aliphatic heterocycles. The SMILES string of the molecule is C=CCn1c(SC(C)C(=O)Nc2c(C)cccc2C)nnc1-c1ccoc1C.